The zero-order valence-electron chi connectivity index (χ0n) is 18.0. The minimum Gasteiger partial charge on any atom is -0.480 e. The van der Waals surface area contributed by atoms with Gasteiger partial charge in [0.15, 0.2) is 5.78 Å². The highest BCUT2D eigenvalue weighted by Gasteiger charge is 2.32. The molecule has 32 heavy (non-hydrogen) atoms. The molecular weight excluding hydrogens is 410 g/mol. The van der Waals surface area contributed by atoms with Gasteiger partial charge in [-0.3, -0.25) is 14.5 Å². The van der Waals surface area contributed by atoms with Crippen LogP contribution in [0.4, 0.5) is 5.69 Å². The molecule has 2 aromatic carbocycles. The number of rotatable bonds is 6. The molecule has 4 rings (SSSR count). The van der Waals surface area contributed by atoms with Crippen LogP contribution < -0.4 is 4.90 Å². The van der Waals surface area contributed by atoms with Crippen LogP contribution in [-0.2, 0) is 11.8 Å². The van der Waals surface area contributed by atoms with E-state index in [1.807, 2.05) is 28.6 Å². The molecule has 8 nitrogen and oxygen atoms in total. The number of carbonyl (C=O) groups excluding carboxylic acids is 1. The van der Waals surface area contributed by atoms with Crippen LogP contribution in [0.2, 0.25) is 0 Å². The predicted octanol–water partition coefficient (Wildman–Crippen LogP) is 3.03. The van der Waals surface area contributed by atoms with E-state index in [1.54, 1.807) is 30.5 Å². The molecule has 166 valence electrons. The average molecular weight is 435 g/mol. The van der Waals surface area contributed by atoms with Gasteiger partial charge in [0, 0.05) is 67.1 Å². The second kappa shape index (κ2) is 8.47. The SMILES string of the molecule is CC(=O)c1ccc(N2CCN([C@@H](C(=O)O)c3cn(C)c4ccc(C(=O)O)cc34)CC2)cc1. The lowest BCUT2D eigenvalue weighted by Gasteiger charge is -2.38. The fraction of sp³-hybridized carbons (Fsp3) is 0.292. The smallest absolute Gasteiger partial charge is 0.335 e. The van der Waals surface area contributed by atoms with Gasteiger partial charge in [-0.2, -0.15) is 0 Å². The van der Waals surface area contributed by atoms with Gasteiger partial charge in [-0.15, -0.1) is 0 Å². The van der Waals surface area contributed by atoms with Crippen LogP contribution in [0.1, 0.15) is 39.2 Å². The van der Waals surface area contributed by atoms with Gasteiger partial charge in [0.2, 0.25) is 0 Å². The van der Waals surface area contributed by atoms with Crippen molar-refractivity contribution in [2.45, 2.75) is 13.0 Å². The summed E-state index contributed by atoms with van der Waals surface area (Å²) in [6.07, 6.45) is 1.78. The number of aryl methyl sites for hydroxylation is 1. The number of piperazine rings is 1. The summed E-state index contributed by atoms with van der Waals surface area (Å²) in [5.74, 6) is -1.98. The lowest BCUT2D eigenvalue weighted by atomic mass is 10.0. The normalized spacial score (nSPS) is 15.6. The van der Waals surface area contributed by atoms with Gasteiger partial charge < -0.3 is 19.7 Å². The first-order chi connectivity index (χ1) is 15.3. The molecule has 2 N–H and O–H groups in total. The molecule has 0 aliphatic carbocycles. The van der Waals surface area contributed by atoms with E-state index < -0.39 is 18.0 Å². The number of aromatic carboxylic acids is 1. The third-order valence-corrected chi connectivity index (χ3v) is 6.11. The number of benzene rings is 2. The Labute approximate surface area is 185 Å². The van der Waals surface area contributed by atoms with E-state index in [0.717, 1.165) is 11.2 Å². The van der Waals surface area contributed by atoms with Crippen molar-refractivity contribution in [3.8, 4) is 0 Å². The number of carboxylic acids is 2. The van der Waals surface area contributed by atoms with Gasteiger partial charge in [-0.25, -0.2) is 4.79 Å². The van der Waals surface area contributed by atoms with Crippen LogP contribution >= 0.6 is 0 Å². The number of carbonyl (C=O) groups is 3. The third kappa shape index (κ3) is 3.97. The first-order valence-electron chi connectivity index (χ1n) is 10.4. The third-order valence-electron chi connectivity index (χ3n) is 6.11. The highest BCUT2D eigenvalue weighted by molar-refractivity contribution is 5.97. The van der Waals surface area contributed by atoms with Crippen molar-refractivity contribution in [1.82, 2.24) is 9.47 Å². The van der Waals surface area contributed by atoms with Crippen LogP contribution in [0.25, 0.3) is 10.9 Å². The van der Waals surface area contributed by atoms with Crippen molar-refractivity contribution in [3.63, 3.8) is 0 Å². The molecule has 1 saturated heterocycles. The summed E-state index contributed by atoms with van der Waals surface area (Å²) in [6.45, 7) is 3.91. The molecule has 1 aliphatic heterocycles. The Kier molecular flexibility index (Phi) is 5.71. The summed E-state index contributed by atoms with van der Waals surface area (Å²) in [7, 11) is 1.83. The first kappa shape index (κ1) is 21.6. The summed E-state index contributed by atoms with van der Waals surface area (Å²) in [5.41, 5.74) is 3.18. The lowest BCUT2D eigenvalue weighted by molar-refractivity contribution is -0.143. The van der Waals surface area contributed by atoms with Crippen molar-refractivity contribution in [2.75, 3.05) is 31.1 Å². The van der Waals surface area contributed by atoms with Crippen LogP contribution in [0.3, 0.4) is 0 Å². The lowest BCUT2D eigenvalue weighted by Crippen LogP contribution is -2.49. The molecule has 0 bridgehead atoms. The second-order valence-corrected chi connectivity index (χ2v) is 8.10. The standard InChI is InChI=1S/C24H25N3O5/c1-15(28)16-3-6-18(7-4-16)26-9-11-27(12-10-26)22(24(31)32)20-14-25(2)21-8-5-17(23(29)30)13-19(20)21/h3-8,13-14,22H,9-12H2,1-2H3,(H,29,30)(H,31,32)/t22-/m1/s1. The van der Waals surface area contributed by atoms with Crippen molar-refractivity contribution in [1.29, 1.82) is 0 Å². The Hall–Kier alpha value is -3.65. The van der Waals surface area contributed by atoms with Gasteiger partial charge in [0.25, 0.3) is 0 Å². The maximum Gasteiger partial charge on any atom is 0.335 e. The Morgan fingerprint density at radius 1 is 0.906 bits per heavy atom. The minimum absolute atomic E-state index is 0.0202. The number of carboxylic acid groups (broad SMARTS) is 2. The van der Waals surface area contributed by atoms with Crippen molar-refractivity contribution in [2.24, 2.45) is 7.05 Å². The topological polar surface area (TPSA) is 103 Å². The Balaban J connectivity index is 1.58. The largest absolute Gasteiger partial charge is 0.480 e. The molecule has 1 aliphatic rings. The number of hydrogen-bond acceptors (Lipinski definition) is 5. The number of nitrogens with zero attached hydrogens (tertiary/aromatic N) is 3. The quantitative estimate of drug-likeness (QED) is 0.574. The van der Waals surface area contributed by atoms with Gasteiger partial charge in [0.1, 0.15) is 6.04 Å². The number of aromatic nitrogens is 1. The van der Waals surface area contributed by atoms with Gasteiger partial charge in [-0.1, -0.05) is 0 Å². The zero-order chi connectivity index (χ0) is 23.0. The van der Waals surface area contributed by atoms with Gasteiger partial charge in [0.05, 0.1) is 5.56 Å². The number of hydrogen-bond donors (Lipinski definition) is 2. The summed E-state index contributed by atoms with van der Waals surface area (Å²) >= 11 is 0. The molecular formula is C24H25N3O5. The maximum absolute atomic E-state index is 12.3. The molecule has 3 aromatic rings. The maximum atomic E-state index is 12.3. The van der Waals surface area contributed by atoms with E-state index in [2.05, 4.69) is 4.90 Å². The zero-order valence-corrected chi connectivity index (χ0v) is 18.0. The molecule has 0 radical (unpaired) electrons. The highest BCUT2D eigenvalue weighted by atomic mass is 16.4. The van der Waals surface area contributed by atoms with Crippen molar-refractivity contribution < 1.29 is 24.6 Å². The number of ketones is 1. The molecule has 1 aromatic heterocycles. The van der Waals surface area contributed by atoms with E-state index in [4.69, 9.17) is 0 Å². The van der Waals surface area contributed by atoms with Crippen LogP contribution in [-0.4, -0.2) is 63.6 Å². The van der Waals surface area contributed by atoms with Crippen LogP contribution in [0.15, 0.2) is 48.7 Å². The summed E-state index contributed by atoms with van der Waals surface area (Å²) in [5, 5.41) is 20.1. The molecule has 0 unspecified atom stereocenters. The monoisotopic (exact) mass is 435 g/mol. The second-order valence-electron chi connectivity index (χ2n) is 8.10. The fourth-order valence-electron chi connectivity index (χ4n) is 4.40. The number of Topliss-reactive ketones (excluding diaryl/α,β-unsaturated/α-hetero) is 1. The van der Waals surface area contributed by atoms with Crippen LogP contribution in [0, 0.1) is 0 Å². The van der Waals surface area contributed by atoms with Gasteiger partial charge >= 0.3 is 11.9 Å². The predicted molar refractivity (Wildman–Crippen MR) is 120 cm³/mol. The molecule has 1 fully saturated rings. The van der Waals surface area contributed by atoms with E-state index in [9.17, 15) is 24.6 Å². The van der Waals surface area contributed by atoms with E-state index in [-0.39, 0.29) is 11.3 Å². The van der Waals surface area contributed by atoms with E-state index in [1.165, 1.54) is 13.0 Å². The van der Waals surface area contributed by atoms with E-state index in [0.29, 0.717) is 42.7 Å². The molecule has 2 heterocycles. The Morgan fingerprint density at radius 3 is 2.09 bits per heavy atom. The summed E-state index contributed by atoms with van der Waals surface area (Å²) in [6, 6.07) is 11.4. The molecule has 0 saturated carbocycles. The molecule has 1 atom stereocenters. The molecule has 0 amide bonds. The number of fused-ring (bicyclic) bond motifs is 1. The fourth-order valence-corrected chi connectivity index (χ4v) is 4.40. The summed E-state index contributed by atoms with van der Waals surface area (Å²) < 4.78 is 1.83. The average Bonchev–Trinajstić information content (AvgIpc) is 3.09. The highest BCUT2D eigenvalue weighted by Crippen LogP contribution is 2.32. The minimum atomic E-state index is -1.04. The molecule has 0 spiro atoms. The molecule has 8 heteroatoms. The first-order valence-corrected chi connectivity index (χ1v) is 10.4. The number of aliphatic carboxylic acids is 1. The Bertz CT molecular complexity index is 1190. The van der Waals surface area contributed by atoms with Crippen LogP contribution in [0.5, 0.6) is 0 Å². The summed E-state index contributed by atoms with van der Waals surface area (Å²) in [4.78, 5) is 39.3. The van der Waals surface area contributed by atoms with Gasteiger partial charge in [-0.05, 0) is 49.4 Å². The van der Waals surface area contributed by atoms with Crippen molar-refractivity contribution in [3.05, 3.63) is 65.4 Å². The van der Waals surface area contributed by atoms with E-state index >= 15 is 0 Å². The Morgan fingerprint density at radius 2 is 1.53 bits per heavy atom. The van der Waals surface area contributed by atoms with Crippen molar-refractivity contribution >= 4 is 34.3 Å². The number of anilines is 1.